The van der Waals surface area contributed by atoms with Gasteiger partial charge < -0.3 is 4.74 Å². The van der Waals surface area contributed by atoms with E-state index in [2.05, 4.69) is 4.74 Å². The third kappa shape index (κ3) is 2.88. The van der Waals surface area contributed by atoms with Crippen LogP contribution in [0.4, 0.5) is 4.79 Å². The quantitative estimate of drug-likeness (QED) is 0.785. The largest absolute Gasteiger partial charge is 0.439 e. The minimum absolute atomic E-state index is 0.0151. The van der Waals surface area contributed by atoms with Crippen LogP contribution in [0.1, 0.15) is 12.0 Å². The minimum atomic E-state index is -3.85. The van der Waals surface area contributed by atoms with E-state index in [1.165, 1.54) is 16.4 Å². The molecule has 3 rings (SSSR count). The Kier molecular flexibility index (Phi) is 4.50. The zero-order chi connectivity index (χ0) is 17.6. The summed E-state index contributed by atoms with van der Waals surface area (Å²) in [6, 6.07) is 2.28. The Bertz CT molecular complexity index is 811. The first-order valence-electron chi connectivity index (χ1n) is 7.16. The van der Waals surface area contributed by atoms with Crippen LogP contribution >= 0.6 is 23.2 Å². The van der Waals surface area contributed by atoms with Gasteiger partial charge in [-0.1, -0.05) is 23.2 Å². The molecule has 2 fully saturated rings. The summed E-state index contributed by atoms with van der Waals surface area (Å²) in [7, 11) is -3.85. The van der Waals surface area contributed by atoms with Crippen LogP contribution in [0.15, 0.2) is 17.0 Å². The molecule has 0 saturated carbocycles. The first-order chi connectivity index (χ1) is 11.2. The molecule has 0 spiro atoms. The number of rotatable bonds is 3. The normalized spacial score (nSPS) is 22.3. The van der Waals surface area contributed by atoms with E-state index in [1.807, 2.05) is 0 Å². The van der Waals surface area contributed by atoms with Gasteiger partial charge in [-0.3, -0.25) is 4.79 Å². The average Bonchev–Trinajstić information content (AvgIpc) is 3.10. The van der Waals surface area contributed by atoms with E-state index in [-0.39, 0.29) is 29.6 Å². The molecule has 0 aromatic heterocycles. The number of benzene rings is 1. The number of carbonyl (C=O) groups excluding carboxylic acids is 2. The van der Waals surface area contributed by atoms with E-state index in [0.717, 1.165) is 4.90 Å². The average molecular weight is 393 g/mol. The van der Waals surface area contributed by atoms with Crippen molar-refractivity contribution in [2.75, 3.05) is 19.7 Å². The van der Waals surface area contributed by atoms with Crippen molar-refractivity contribution in [1.29, 1.82) is 0 Å². The number of sulfonamides is 1. The lowest BCUT2D eigenvalue weighted by molar-refractivity contribution is -0.127. The first-order valence-corrected chi connectivity index (χ1v) is 9.36. The minimum Gasteiger partial charge on any atom is -0.439 e. The molecule has 0 aliphatic carbocycles. The van der Waals surface area contributed by atoms with Crippen molar-refractivity contribution >= 4 is 45.2 Å². The van der Waals surface area contributed by atoms with E-state index < -0.39 is 28.1 Å². The van der Waals surface area contributed by atoms with E-state index in [9.17, 15) is 18.0 Å². The second-order valence-corrected chi connectivity index (χ2v) is 8.38. The van der Waals surface area contributed by atoms with Crippen molar-refractivity contribution in [3.05, 3.63) is 27.7 Å². The maximum atomic E-state index is 12.8. The van der Waals surface area contributed by atoms with Gasteiger partial charge in [-0.2, -0.15) is 4.31 Å². The highest BCUT2D eigenvalue weighted by atomic mass is 35.5. The summed E-state index contributed by atoms with van der Waals surface area (Å²) in [6.07, 6.45) is -0.380. The fraction of sp³-hybridized carbons (Fsp3) is 0.429. The number of imide groups is 1. The van der Waals surface area contributed by atoms with Crippen molar-refractivity contribution in [2.45, 2.75) is 24.3 Å². The Morgan fingerprint density at radius 3 is 2.54 bits per heavy atom. The Hall–Kier alpha value is -1.35. The highest BCUT2D eigenvalue weighted by Gasteiger charge is 2.43. The van der Waals surface area contributed by atoms with Gasteiger partial charge in [-0.25, -0.2) is 18.1 Å². The second kappa shape index (κ2) is 6.18. The number of aryl methyl sites for hydroxylation is 1. The molecule has 0 N–H and O–H groups in total. The number of halogens is 2. The van der Waals surface area contributed by atoms with Gasteiger partial charge in [0.2, 0.25) is 10.0 Å². The number of cyclic esters (lactones) is 1. The van der Waals surface area contributed by atoms with E-state index in [4.69, 9.17) is 23.2 Å². The van der Waals surface area contributed by atoms with Crippen molar-refractivity contribution in [3.8, 4) is 0 Å². The number of hydrogen-bond acceptors (Lipinski definition) is 5. The van der Waals surface area contributed by atoms with Crippen molar-refractivity contribution in [1.82, 2.24) is 9.21 Å². The summed E-state index contributed by atoms with van der Waals surface area (Å²) >= 11 is 12.0. The molecule has 1 aromatic carbocycles. The zero-order valence-corrected chi connectivity index (χ0v) is 15.0. The second-order valence-electron chi connectivity index (χ2n) is 5.66. The van der Waals surface area contributed by atoms with Crippen molar-refractivity contribution < 1.29 is 22.7 Å². The van der Waals surface area contributed by atoms with E-state index >= 15 is 0 Å². The number of nitrogens with zero attached hydrogens (tertiary/aromatic N) is 2. The lowest BCUT2D eigenvalue weighted by Crippen LogP contribution is -2.42. The molecule has 130 valence electrons. The summed E-state index contributed by atoms with van der Waals surface area (Å²) in [5.74, 6) is -0.454. The summed E-state index contributed by atoms with van der Waals surface area (Å²) < 4.78 is 31.5. The molecular weight excluding hydrogens is 379 g/mol. The number of amides is 2. The Morgan fingerprint density at radius 2 is 1.92 bits per heavy atom. The molecule has 7 nitrogen and oxygen atoms in total. The third-order valence-corrected chi connectivity index (χ3v) is 6.84. The predicted molar refractivity (Wildman–Crippen MR) is 86.6 cm³/mol. The van der Waals surface area contributed by atoms with Gasteiger partial charge in [0, 0.05) is 18.1 Å². The van der Waals surface area contributed by atoms with Crippen LogP contribution < -0.4 is 0 Å². The van der Waals surface area contributed by atoms with Gasteiger partial charge in [0.1, 0.15) is 4.90 Å². The summed E-state index contributed by atoms with van der Waals surface area (Å²) in [5, 5.41) is 0.411. The molecular formula is C14H14Cl2N2O5S. The zero-order valence-electron chi connectivity index (χ0n) is 12.7. The smallest absolute Gasteiger partial charge is 0.417 e. The molecule has 1 atom stereocenters. The van der Waals surface area contributed by atoms with Crippen molar-refractivity contribution in [2.24, 2.45) is 0 Å². The lowest BCUT2D eigenvalue weighted by Gasteiger charge is -2.21. The SMILES string of the molecule is Cc1cc(S(=O)(=O)N2CCC(N3C(=O)COC3=O)C2)c(Cl)cc1Cl. The van der Waals surface area contributed by atoms with Gasteiger partial charge in [-0.15, -0.1) is 0 Å². The van der Waals surface area contributed by atoms with Gasteiger partial charge in [0.25, 0.3) is 5.91 Å². The third-order valence-electron chi connectivity index (χ3n) is 4.11. The number of ether oxygens (including phenoxy) is 1. The predicted octanol–water partition coefficient (Wildman–Crippen LogP) is 2.04. The maximum absolute atomic E-state index is 12.8. The van der Waals surface area contributed by atoms with Crippen LogP contribution in [0.25, 0.3) is 0 Å². The fourth-order valence-electron chi connectivity index (χ4n) is 2.82. The molecule has 2 heterocycles. The Balaban J connectivity index is 1.86. The Morgan fingerprint density at radius 1 is 1.21 bits per heavy atom. The summed E-state index contributed by atoms with van der Waals surface area (Å²) in [4.78, 5) is 24.3. The van der Waals surface area contributed by atoms with Crippen LogP contribution in [-0.4, -0.2) is 55.4 Å². The standard InChI is InChI=1S/C14H14Cl2N2O5S/c1-8-4-12(11(16)5-10(8)15)24(21,22)17-3-2-9(6-17)18-13(19)7-23-14(18)20/h4-5,9H,2-3,6-7H2,1H3. The fourth-order valence-corrected chi connectivity index (χ4v) is 5.12. The van der Waals surface area contributed by atoms with Gasteiger partial charge in [0.05, 0.1) is 11.1 Å². The number of hydrogen-bond donors (Lipinski definition) is 0. The highest BCUT2D eigenvalue weighted by molar-refractivity contribution is 7.89. The van der Waals surface area contributed by atoms with Crippen LogP contribution in [0.2, 0.25) is 10.0 Å². The Labute approximate surface area is 149 Å². The summed E-state index contributed by atoms with van der Waals surface area (Å²) in [5.41, 5.74) is 0.591. The van der Waals surface area contributed by atoms with E-state index in [0.29, 0.717) is 17.0 Å². The molecule has 2 aliphatic rings. The molecule has 10 heteroatoms. The lowest BCUT2D eigenvalue weighted by atomic mass is 10.2. The van der Waals surface area contributed by atoms with Gasteiger partial charge >= 0.3 is 6.09 Å². The molecule has 1 unspecified atom stereocenters. The van der Waals surface area contributed by atoms with Gasteiger partial charge in [0.15, 0.2) is 6.61 Å². The monoisotopic (exact) mass is 392 g/mol. The summed E-state index contributed by atoms with van der Waals surface area (Å²) in [6.45, 7) is 1.58. The molecule has 2 amide bonds. The molecule has 0 radical (unpaired) electrons. The highest BCUT2D eigenvalue weighted by Crippen LogP contribution is 2.32. The van der Waals surface area contributed by atoms with Crippen LogP contribution in [0.3, 0.4) is 0 Å². The molecule has 2 saturated heterocycles. The maximum Gasteiger partial charge on any atom is 0.417 e. The molecule has 2 aliphatic heterocycles. The van der Waals surface area contributed by atoms with Crippen LogP contribution in [-0.2, 0) is 19.6 Å². The molecule has 1 aromatic rings. The van der Waals surface area contributed by atoms with E-state index in [1.54, 1.807) is 6.92 Å². The van der Waals surface area contributed by atoms with Crippen LogP contribution in [0, 0.1) is 6.92 Å². The first kappa shape index (κ1) is 17.5. The molecule has 0 bridgehead atoms. The van der Waals surface area contributed by atoms with Gasteiger partial charge in [-0.05, 0) is 31.0 Å². The molecule has 24 heavy (non-hydrogen) atoms. The van der Waals surface area contributed by atoms with Crippen LogP contribution in [0.5, 0.6) is 0 Å². The number of carbonyl (C=O) groups is 2. The topological polar surface area (TPSA) is 84.0 Å². The van der Waals surface area contributed by atoms with Crippen molar-refractivity contribution in [3.63, 3.8) is 0 Å².